The van der Waals surface area contributed by atoms with E-state index >= 15 is 0 Å². The topological polar surface area (TPSA) is 83.6 Å². The molecule has 3 aromatic rings. The molecule has 3 rings (SSSR count). The van der Waals surface area contributed by atoms with Gasteiger partial charge in [-0.2, -0.15) is 0 Å². The molecule has 1 aromatic carbocycles. The van der Waals surface area contributed by atoms with E-state index in [4.69, 9.17) is 0 Å². The van der Waals surface area contributed by atoms with E-state index in [-0.39, 0.29) is 10.8 Å². The Bertz CT molecular complexity index is 844. The highest BCUT2D eigenvalue weighted by Gasteiger charge is 2.15. The quantitative estimate of drug-likeness (QED) is 0.698. The smallest absolute Gasteiger partial charge is 0.258 e. The van der Waals surface area contributed by atoms with Crippen molar-refractivity contribution in [1.29, 1.82) is 0 Å². The van der Waals surface area contributed by atoms with Crippen molar-refractivity contribution in [1.82, 2.24) is 20.2 Å². The first-order valence-corrected chi connectivity index (χ1v) is 8.60. The normalized spacial score (nSPS) is 12.5. The Morgan fingerprint density at radius 1 is 1.36 bits per heavy atom. The van der Waals surface area contributed by atoms with Crippen LogP contribution in [0.2, 0.25) is 0 Å². The molecule has 0 unspecified atom stereocenters. The minimum Gasteiger partial charge on any atom is -0.360 e. The first kappa shape index (κ1) is 15.0. The van der Waals surface area contributed by atoms with Gasteiger partial charge < -0.3 is 10.3 Å². The molecule has 6 nitrogen and oxygen atoms in total. The van der Waals surface area contributed by atoms with Gasteiger partial charge in [0.25, 0.3) is 5.56 Å². The molecule has 0 fully saturated rings. The zero-order valence-corrected chi connectivity index (χ0v) is 13.8. The molecule has 0 amide bonds. The minimum absolute atomic E-state index is 0.0141. The lowest BCUT2D eigenvalue weighted by Crippen LogP contribution is -2.12. The fourth-order valence-electron chi connectivity index (χ4n) is 1.98. The van der Waals surface area contributed by atoms with Crippen molar-refractivity contribution >= 4 is 39.1 Å². The Labute approximate surface area is 135 Å². The second-order valence-corrected chi connectivity index (χ2v) is 7.20. The highest BCUT2D eigenvalue weighted by atomic mass is 32.2. The molecule has 8 heteroatoms. The van der Waals surface area contributed by atoms with Crippen molar-refractivity contribution < 1.29 is 0 Å². The molecular weight excluding hydrogens is 318 g/mol. The Kier molecular flexibility index (Phi) is 4.39. The molecule has 22 heavy (non-hydrogen) atoms. The summed E-state index contributed by atoms with van der Waals surface area (Å²) in [5.74, 6) is 0.647. The highest BCUT2D eigenvalue weighted by Crippen LogP contribution is 2.35. The van der Waals surface area contributed by atoms with Crippen LogP contribution >= 0.6 is 23.1 Å². The zero-order valence-electron chi connectivity index (χ0n) is 12.2. The van der Waals surface area contributed by atoms with Crippen molar-refractivity contribution in [3.63, 3.8) is 0 Å². The van der Waals surface area contributed by atoms with Gasteiger partial charge in [0.05, 0.1) is 16.2 Å². The first-order chi connectivity index (χ1) is 10.7. The van der Waals surface area contributed by atoms with E-state index in [2.05, 4.69) is 25.5 Å². The van der Waals surface area contributed by atoms with E-state index in [1.54, 1.807) is 6.07 Å². The van der Waals surface area contributed by atoms with Gasteiger partial charge in [0.1, 0.15) is 5.82 Å². The Morgan fingerprint density at radius 3 is 3.00 bits per heavy atom. The third kappa shape index (κ3) is 3.12. The van der Waals surface area contributed by atoms with E-state index in [0.29, 0.717) is 16.7 Å². The van der Waals surface area contributed by atoms with Gasteiger partial charge in [0, 0.05) is 6.54 Å². The van der Waals surface area contributed by atoms with E-state index < -0.39 is 0 Å². The summed E-state index contributed by atoms with van der Waals surface area (Å²) in [5.41, 5.74) is 0.595. The first-order valence-electron chi connectivity index (χ1n) is 6.90. The molecule has 0 aliphatic carbocycles. The van der Waals surface area contributed by atoms with Crippen LogP contribution in [0.5, 0.6) is 0 Å². The summed E-state index contributed by atoms with van der Waals surface area (Å²) in [6, 6.07) is 7.33. The Hall–Kier alpha value is -1.93. The van der Waals surface area contributed by atoms with Gasteiger partial charge in [-0.3, -0.25) is 4.79 Å². The molecular formula is C14H15N5OS2. The van der Waals surface area contributed by atoms with E-state index in [0.717, 1.165) is 16.0 Å². The van der Waals surface area contributed by atoms with E-state index in [9.17, 15) is 4.79 Å². The largest absolute Gasteiger partial charge is 0.360 e. The lowest BCUT2D eigenvalue weighted by atomic mass is 10.2. The number of fused-ring (bicyclic) bond motifs is 1. The number of benzene rings is 1. The number of thioether (sulfide) groups is 1. The van der Waals surface area contributed by atoms with Crippen LogP contribution in [0.25, 0.3) is 10.9 Å². The molecule has 2 aromatic heterocycles. The van der Waals surface area contributed by atoms with Crippen molar-refractivity contribution in [3.8, 4) is 0 Å². The van der Waals surface area contributed by atoms with Crippen LogP contribution in [0.3, 0.4) is 0 Å². The summed E-state index contributed by atoms with van der Waals surface area (Å²) in [6.07, 6.45) is 0. The van der Waals surface area contributed by atoms with Crippen LogP contribution in [0.1, 0.15) is 24.9 Å². The molecule has 0 spiro atoms. The fourth-order valence-corrected chi connectivity index (χ4v) is 4.01. The summed E-state index contributed by atoms with van der Waals surface area (Å²) in [4.78, 5) is 19.5. The van der Waals surface area contributed by atoms with Crippen LogP contribution < -0.4 is 10.9 Å². The second kappa shape index (κ2) is 6.45. The number of para-hydroxylation sites is 1. The van der Waals surface area contributed by atoms with Crippen molar-refractivity contribution in [2.45, 2.75) is 23.4 Å². The average molecular weight is 333 g/mol. The Morgan fingerprint density at radius 2 is 2.18 bits per heavy atom. The number of anilines is 1. The van der Waals surface area contributed by atoms with Gasteiger partial charge in [-0.1, -0.05) is 35.2 Å². The molecule has 2 N–H and O–H groups in total. The molecule has 1 atom stereocenters. The summed E-state index contributed by atoms with van der Waals surface area (Å²) in [7, 11) is 0. The van der Waals surface area contributed by atoms with Crippen LogP contribution in [-0.4, -0.2) is 26.7 Å². The molecule has 0 aliphatic rings. The third-order valence-electron chi connectivity index (χ3n) is 3.03. The monoisotopic (exact) mass is 333 g/mol. The van der Waals surface area contributed by atoms with Gasteiger partial charge in [-0.25, -0.2) is 4.98 Å². The second-order valence-electron chi connectivity index (χ2n) is 4.63. The number of nitrogens with one attached hydrogen (secondary N) is 2. The predicted octanol–water partition coefficient (Wildman–Crippen LogP) is 3.06. The summed E-state index contributed by atoms with van der Waals surface area (Å²) in [6.45, 7) is 4.82. The number of aromatic nitrogens is 4. The fraction of sp³-hybridized carbons (Fsp3) is 0.286. The predicted molar refractivity (Wildman–Crippen MR) is 90.7 cm³/mol. The SMILES string of the molecule is CCNc1nnc(S[C@@H](C)c2nc3ccccc3c(=O)[nH]2)s1. The number of rotatable bonds is 5. The zero-order chi connectivity index (χ0) is 15.5. The molecule has 114 valence electrons. The van der Waals surface area contributed by atoms with Crippen LogP contribution in [0, 0.1) is 0 Å². The van der Waals surface area contributed by atoms with E-state index in [1.807, 2.05) is 32.0 Å². The van der Waals surface area contributed by atoms with Crippen LogP contribution in [0.15, 0.2) is 33.4 Å². The summed E-state index contributed by atoms with van der Waals surface area (Å²) < 4.78 is 0.847. The molecule has 0 saturated carbocycles. The van der Waals surface area contributed by atoms with Gasteiger partial charge in [0.2, 0.25) is 5.13 Å². The van der Waals surface area contributed by atoms with E-state index in [1.165, 1.54) is 23.1 Å². The number of H-pyrrole nitrogens is 1. The minimum atomic E-state index is -0.112. The van der Waals surface area contributed by atoms with Crippen LogP contribution in [0.4, 0.5) is 5.13 Å². The summed E-state index contributed by atoms with van der Waals surface area (Å²) in [5, 5.41) is 12.7. The number of nitrogens with zero attached hydrogens (tertiary/aromatic N) is 3. The lowest BCUT2D eigenvalue weighted by Gasteiger charge is -2.08. The maximum Gasteiger partial charge on any atom is 0.258 e. The average Bonchev–Trinajstić information content (AvgIpc) is 2.95. The molecule has 0 saturated heterocycles. The lowest BCUT2D eigenvalue weighted by molar-refractivity contribution is 0.916. The molecule has 0 bridgehead atoms. The van der Waals surface area contributed by atoms with Crippen molar-refractivity contribution in [2.75, 3.05) is 11.9 Å². The molecule has 0 aliphatic heterocycles. The van der Waals surface area contributed by atoms with Crippen LogP contribution in [-0.2, 0) is 0 Å². The van der Waals surface area contributed by atoms with Gasteiger partial charge in [-0.05, 0) is 26.0 Å². The third-order valence-corrected chi connectivity index (χ3v) is 5.10. The van der Waals surface area contributed by atoms with Gasteiger partial charge in [-0.15, -0.1) is 10.2 Å². The van der Waals surface area contributed by atoms with Gasteiger partial charge in [0.15, 0.2) is 4.34 Å². The number of aromatic amines is 1. The highest BCUT2D eigenvalue weighted by molar-refractivity contribution is 8.01. The van der Waals surface area contributed by atoms with Gasteiger partial charge >= 0.3 is 0 Å². The Balaban J connectivity index is 1.85. The molecule has 0 radical (unpaired) electrons. The number of hydrogen-bond acceptors (Lipinski definition) is 7. The number of hydrogen-bond donors (Lipinski definition) is 2. The molecule has 2 heterocycles. The maximum atomic E-state index is 12.1. The maximum absolute atomic E-state index is 12.1. The van der Waals surface area contributed by atoms with Crippen molar-refractivity contribution in [3.05, 3.63) is 40.4 Å². The summed E-state index contributed by atoms with van der Waals surface area (Å²) >= 11 is 3.03. The van der Waals surface area contributed by atoms with Crippen molar-refractivity contribution in [2.24, 2.45) is 0 Å². The standard InChI is InChI=1S/C14H15N5OS2/c1-3-15-13-18-19-14(22-13)21-8(2)11-16-10-7-5-4-6-9(10)12(20)17-11/h4-8H,3H2,1-2H3,(H,15,18)(H,16,17,20)/t8-/m0/s1.